The first-order valence-electron chi connectivity index (χ1n) is 5.15. The van der Waals surface area contributed by atoms with E-state index in [9.17, 15) is 5.11 Å². The Hall–Kier alpha value is -1.82. The molecule has 0 aliphatic rings. The third-order valence-electron chi connectivity index (χ3n) is 2.45. The van der Waals surface area contributed by atoms with E-state index < -0.39 is 0 Å². The Kier molecular flexibility index (Phi) is 2.91. The molecule has 0 aliphatic carbocycles. The normalized spacial score (nSPS) is 12.9. The van der Waals surface area contributed by atoms with Crippen LogP contribution in [0.3, 0.4) is 0 Å². The molecular weight excluding hydrogens is 208 g/mol. The van der Waals surface area contributed by atoms with Gasteiger partial charge in [0.15, 0.2) is 11.0 Å². The SMILES string of the molecule is CCC(O)CNc1ccc(N)c2nonc12. The van der Waals surface area contributed by atoms with E-state index in [0.29, 0.717) is 29.7 Å². The molecule has 2 rings (SSSR count). The molecule has 16 heavy (non-hydrogen) atoms. The minimum atomic E-state index is -0.382. The van der Waals surface area contributed by atoms with Gasteiger partial charge in [-0.15, -0.1) is 0 Å². The summed E-state index contributed by atoms with van der Waals surface area (Å²) in [5, 5.41) is 20.0. The van der Waals surface area contributed by atoms with E-state index in [-0.39, 0.29) is 6.10 Å². The number of fused-ring (bicyclic) bond motifs is 1. The topological polar surface area (TPSA) is 97.2 Å². The highest BCUT2D eigenvalue weighted by molar-refractivity contribution is 5.94. The van der Waals surface area contributed by atoms with Gasteiger partial charge >= 0.3 is 0 Å². The number of hydrogen-bond donors (Lipinski definition) is 3. The van der Waals surface area contributed by atoms with Crippen molar-refractivity contribution in [3.05, 3.63) is 12.1 Å². The molecule has 0 saturated heterocycles. The maximum atomic E-state index is 9.45. The molecule has 1 aromatic heterocycles. The molecule has 4 N–H and O–H groups in total. The fourth-order valence-corrected chi connectivity index (χ4v) is 1.40. The van der Waals surface area contributed by atoms with Crippen LogP contribution in [0.5, 0.6) is 0 Å². The van der Waals surface area contributed by atoms with Crippen LogP contribution in [0.25, 0.3) is 11.0 Å². The van der Waals surface area contributed by atoms with Crippen molar-refractivity contribution in [3.63, 3.8) is 0 Å². The standard InChI is InChI=1S/C10H14N4O2/c1-2-6(15)5-12-8-4-3-7(11)9-10(8)14-16-13-9/h3-4,6,12,15H,2,5,11H2,1H3. The molecule has 0 spiro atoms. The number of aliphatic hydroxyl groups excluding tert-OH is 1. The summed E-state index contributed by atoms with van der Waals surface area (Å²) >= 11 is 0. The van der Waals surface area contributed by atoms with Gasteiger partial charge in [0, 0.05) is 6.54 Å². The molecule has 0 fully saturated rings. The van der Waals surface area contributed by atoms with Crippen molar-refractivity contribution < 1.29 is 9.74 Å². The predicted octanol–water partition coefficient (Wildman–Crippen LogP) is 0.988. The molecular formula is C10H14N4O2. The second kappa shape index (κ2) is 4.36. The van der Waals surface area contributed by atoms with Crippen LogP contribution in [0.15, 0.2) is 16.8 Å². The number of benzene rings is 1. The van der Waals surface area contributed by atoms with Gasteiger partial charge < -0.3 is 16.2 Å². The second-order valence-corrected chi connectivity index (χ2v) is 3.61. The lowest BCUT2D eigenvalue weighted by Crippen LogP contribution is -2.18. The van der Waals surface area contributed by atoms with Crippen LogP contribution in [-0.2, 0) is 0 Å². The summed E-state index contributed by atoms with van der Waals surface area (Å²) < 4.78 is 4.64. The number of rotatable bonds is 4. The molecule has 1 heterocycles. The highest BCUT2D eigenvalue weighted by atomic mass is 16.6. The number of nitrogen functional groups attached to an aromatic ring is 1. The maximum absolute atomic E-state index is 9.45. The maximum Gasteiger partial charge on any atom is 0.160 e. The van der Waals surface area contributed by atoms with Crippen LogP contribution in [0.1, 0.15) is 13.3 Å². The van der Waals surface area contributed by atoms with Crippen LogP contribution >= 0.6 is 0 Å². The lowest BCUT2D eigenvalue weighted by atomic mass is 10.2. The molecule has 86 valence electrons. The Labute approximate surface area is 92.4 Å². The van der Waals surface area contributed by atoms with Crippen LogP contribution in [-0.4, -0.2) is 28.1 Å². The molecule has 0 saturated carbocycles. The Morgan fingerprint density at radius 2 is 2.19 bits per heavy atom. The van der Waals surface area contributed by atoms with Crippen molar-refractivity contribution in [1.29, 1.82) is 0 Å². The number of aromatic nitrogens is 2. The molecule has 6 nitrogen and oxygen atoms in total. The van der Waals surface area contributed by atoms with Gasteiger partial charge in [-0.1, -0.05) is 6.92 Å². The van der Waals surface area contributed by atoms with Crippen molar-refractivity contribution in [2.75, 3.05) is 17.6 Å². The van der Waals surface area contributed by atoms with Gasteiger partial charge in [-0.2, -0.15) is 0 Å². The number of aliphatic hydroxyl groups is 1. The zero-order chi connectivity index (χ0) is 11.5. The molecule has 6 heteroatoms. The van der Waals surface area contributed by atoms with Crippen molar-refractivity contribution in [2.24, 2.45) is 0 Å². The zero-order valence-corrected chi connectivity index (χ0v) is 8.97. The quantitative estimate of drug-likeness (QED) is 0.667. The lowest BCUT2D eigenvalue weighted by molar-refractivity contribution is 0.183. The number of nitrogens with one attached hydrogen (secondary N) is 1. The van der Waals surface area contributed by atoms with Crippen molar-refractivity contribution >= 4 is 22.4 Å². The number of nitrogens with two attached hydrogens (primary N) is 1. The highest BCUT2D eigenvalue weighted by Gasteiger charge is 2.10. The first kappa shape index (κ1) is 10.7. The lowest BCUT2D eigenvalue weighted by Gasteiger charge is -2.10. The molecule has 0 bridgehead atoms. The van der Waals surface area contributed by atoms with Crippen molar-refractivity contribution in [3.8, 4) is 0 Å². The van der Waals surface area contributed by atoms with Gasteiger partial charge in [-0.25, -0.2) is 4.63 Å². The van der Waals surface area contributed by atoms with Gasteiger partial charge in [-0.05, 0) is 28.9 Å². The van der Waals surface area contributed by atoms with E-state index in [0.717, 1.165) is 5.69 Å². The van der Waals surface area contributed by atoms with Gasteiger partial charge in [0.1, 0.15) is 0 Å². The Bertz CT molecular complexity index is 483. The summed E-state index contributed by atoms with van der Waals surface area (Å²) in [4.78, 5) is 0. The fourth-order valence-electron chi connectivity index (χ4n) is 1.40. The number of nitrogens with zero attached hydrogens (tertiary/aromatic N) is 2. The van der Waals surface area contributed by atoms with E-state index in [2.05, 4.69) is 20.3 Å². The molecule has 0 amide bonds. The first-order chi connectivity index (χ1) is 7.72. The minimum absolute atomic E-state index is 0.382. The third-order valence-corrected chi connectivity index (χ3v) is 2.45. The van der Waals surface area contributed by atoms with Gasteiger partial charge in [0.25, 0.3) is 0 Å². The summed E-state index contributed by atoms with van der Waals surface area (Å²) in [5.41, 5.74) is 8.12. The highest BCUT2D eigenvalue weighted by Crippen LogP contribution is 2.24. The van der Waals surface area contributed by atoms with E-state index in [1.165, 1.54) is 0 Å². The first-order valence-corrected chi connectivity index (χ1v) is 5.15. The van der Waals surface area contributed by atoms with Gasteiger partial charge in [0.05, 0.1) is 17.5 Å². The summed E-state index contributed by atoms with van der Waals surface area (Å²) in [7, 11) is 0. The Morgan fingerprint density at radius 1 is 1.44 bits per heavy atom. The van der Waals surface area contributed by atoms with E-state index in [4.69, 9.17) is 5.73 Å². The van der Waals surface area contributed by atoms with E-state index in [1.54, 1.807) is 12.1 Å². The Balaban J connectivity index is 2.24. The Morgan fingerprint density at radius 3 is 2.94 bits per heavy atom. The third kappa shape index (κ3) is 1.92. The predicted molar refractivity (Wildman–Crippen MR) is 61.0 cm³/mol. The van der Waals surface area contributed by atoms with E-state index >= 15 is 0 Å². The fraction of sp³-hybridized carbons (Fsp3) is 0.400. The smallest absolute Gasteiger partial charge is 0.160 e. The van der Waals surface area contributed by atoms with Gasteiger partial charge in [0.2, 0.25) is 0 Å². The number of anilines is 2. The van der Waals surface area contributed by atoms with Crippen molar-refractivity contribution in [1.82, 2.24) is 10.3 Å². The summed E-state index contributed by atoms with van der Waals surface area (Å²) in [6, 6.07) is 3.53. The van der Waals surface area contributed by atoms with Crippen LogP contribution in [0.4, 0.5) is 11.4 Å². The van der Waals surface area contributed by atoms with Crippen LogP contribution in [0, 0.1) is 0 Å². The monoisotopic (exact) mass is 222 g/mol. The van der Waals surface area contributed by atoms with Gasteiger partial charge in [-0.3, -0.25) is 0 Å². The summed E-state index contributed by atoms with van der Waals surface area (Å²) in [6.07, 6.45) is 0.315. The van der Waals surface area contributed by atoms with Crippen LogP contribution < -0.4 is 11.1 Å². The molecule has 1 atom stereocenters. The molecule has 0 aliphatic heterocycles. The zero-order valence-electron chi connectivity index (χ0n) is 8.97. The number of hydrogen-bond acceptors (Lipinski definition) is 6. The average molecular weight is 222 g/mol. The molecule has 2 aromatic rings. The minimum Gasteiger partial charge on any atom is -0.397 e. The van der Waals surface area contributed by atoms with E-state index in [1.807, 2.05) is 6.92 Å². The second-order valence-electron chi connectivity index (χ2n) is 3.61. The molecule has 0 radical (unpaired) electrons. The molecule has 1 aromatic carbocycles. The average Bonchev–Trinajstić information content (AvgIpc) is 2.77. The van der Waals surface area contributed by atoms with Crippen LogP contribution in [0.2, 0.25) is 0 Å². The summed E-state index contributed by atoms with van der Waals surface area (Å²) in [5.74, 6) is 0. The summed E-state index contributed by atoms with van der Waals surface area (Å²) in [6.45, 7) is 2.38. The molecule has 1 unspecified atom stereocenters. The largest absolute Gasteiger partial charge is 0.397 e. The van der Waals surface area contributed by atoms with Crippen molar-refractivity contribution in [2.45, 2.75) is 19.4 Å².